The van der Waals surface area contributed by atoms with Gasteiger partial charge in [0.2, 0.25) is 0 Å². The van der Waals surface area contributed by atoms with Crippen molar-refractivity contribution in [2.24, 2.45) is 0 Å². The highest BCUT2D eigenvalue weighted by Gasteiger charge is 2.17. The summed E-state index contributed by atoms with van der Waals surface area (Å²) in [6, 6.07) is 14.9. The van der Waals surface area contributed by atoms with Gasteiger partial charge in [-0.05, 0) is 36.8 Å². The molecule has 2 aromatic rings. The normalized spacial score (nSPS) is 11.4. The van der Waals surface area contributed by atoms with Gasteiger partial charge in [0.25, 0.3) is 5.91 Å². The Morgan fingerprint density at radius 2 is 2.04 bits per heavy atom. The van der Waals surface area contributed by atoms with Crippen LogP contribution in [0.4, 0.5) is 4.39 Å². The van der Waals surface area contributed by atoms with Crippen LogP contribution in [0.1, 0.15) is 29.3 Å². The largest absolute Gasteiger partial charge is 0.489 e. The minimum absolute atomic E-state index is 0.148. The second-order valence-corrected chi connectivity index (χ2v) is 5.57. The lowest BCUT2D eigenvalue weighted by Gasteiger charge is -2.23. The van der Waals surface area contributed by atoms with E-state index >= 15 is 0 Å². The summed E-state index contributed by atoms with van der Waals surface area (Å²) in [6.07, 6.45) is 0.282. The van der Waals surface area contributed by atoms with Crippen LogP contribution in [-0.4, -0.2) is 23.9 Å². The number of nitrogens with zero attached hydrogens (tertiary/aromatic N) is 2. The Hall–Kier alpha value is -2.87. The van der Waals surface area contributed by atoms with Gasteiger partial charge in [0.15, 0.2) is 0 Å². The average molecular weight is 326 g/mol. The standard InChI is InChI=1S/C19H19FN2O2/c1-14(9-10-21)22(2)19(23)16-6-3-5-15(11-16)13-24-18-8-4-7-17(20)12-18/h3-8,11-12,14H,9,13H2,1-2H3. The maximum atomic E-state index is 13.1. The number of halogens is 1. The van der Waals surface area contributed by atoms with E-state index in [0.717, 1.165) is 5.56 Å². The molecule has 0 heterocycles. The number of amides is 1. The van der Waals surface area contributed by atoms with Crippen LogP contribution < -0.4 is 4.74 Å². The first kappa shape index (κ1) is 17.5. The molecule has 0 N–H and O–H groups in total. The third kappa shape index (κ3) is 4.56. The predicted molar refractivity (Wildman–Crippen MR) is 89.0 cm³/mol. The van der Waals surface area contributed by atoms with Crippen LogP contribution in [0.3, 0.4) is 0 Å². The number of ether oxygens (including phenoxy) is 1. The molecule has 0 aliphatic heterocycles. The van der Waals surface area contributed by atoms with E-state index in [-0.39, 0.29) is 30.8 Å². The van der Waals surface area contributed by atoms with Gasteiger partial charge >= 0.3 is 0 Å². The molecule has 24 heavy (non-hydrogen) atoms. The summed E-state index contributed by atoms with van der Waals surface area (Å²) in [4.78, 5) is 14.0. The van der Waals surface area contributed by atoms with Crippen LogP contribution in [0.2, 0.25) is 0 Å². The SMILES string of the molecule is CC(CC#N)N(C)C(=O)c1cccc(COc2cccc(F)c2)c1. The Labute approximate surface area is 141 Å². The number of rotatable bonds is 6. The first-order valence-corrected chi connectivity index (χ1v) is 7.62. The van der Waals surface area contributed by atoms with Gasteiger partial charge in [-0.2, -0.15) is 5.26 Å². The zero-order chi connectivity index (χ0) is 17.5. The minimum atomic E-state index is -0.357. The van der Waals surface area contributed by atoms with Gasteiger partial charge in [0, 0.05) is 24.7 Å². The number of hydrogen-bond acceptors (Lipinski definition) is 3. The van der Waals surface area contributed by atoms with Gasteiger partial charge in [-0.1, -0.05) is 18.2 Å². The van der Waals surface area contributed by atoms with Crippen LogP contribution in [0, 0.1) is 17.1 Å². The van der Waals surface area contributed by atoms with Crippen molar-refractivity contribution >= 4 is 5.91 Å². The van der Waals surface area contributed by atoms with E-state index in [1.165, 1.54) is 12.1 Å². The smallest absolute Gasteiger partial charge is 0.253 e. The average Bonchev–Trinajstić information content (AvgIpc) is 2.59. The molecule has 5 heteroatoms. The third-order valence-corrected chi connectivity index (χ3v) is 3.74. The first-order valence-electron chi connectivity index (χ1n) is 7.62. The molecule has 0 aliphatic rings. The van der Waals surface area contributed by atoms with Crippen molar-refractivity contribution in [3.8, 4) is 11.8 Å². The molecule has 0 fully saturated rings. The fraction of sp³-hybridized carbons (Fsp3) is 0.263. The summed E-state index contributed by atoms with van der Waals surface area (Å²) >= 11 is 0. The van der Waals surface area contributed by atoms with Gasteiger partial charge in [-0.25, -0.2) is 4.39 Å². The fourth-order valence-corrected chi connectivity index (χ4v) is 2.19. The van der Waals surface area contributed by atoms with Crippen LogP contribution in [-0.2, 0) is 6.61 Å². The van der Waals surface area contributed by atoms with Crippen molar-refractivity contribution in [1.82, 2.24) is 4.90 Å². The van der Waals surface area contributed by atoms with Crippen LogP contribution in [0.25, 0.3) is 0 Å². The Morgan fingerprint density at radius 1 is 1.29 bits per heavy atom. The lowest BCUT2D eigenvalue weighted by molar-refractivity contribution is 0.0746. The topological polar surface area (TPSA) is 53.3 Å². The fourth-order valence-electron chi connectivity index (χ4n) is 2.19. The molecule has 0 saturated carbocycles. The van der Waals surface area contributed by atoms with Gasteiger partial charge < -0.3 is 9.64 Å². The molecule has 1 atom stereocenters. The van der Waals surface area contributed by atoms with Crippen LogP contribution in [0.15, 0.2) is 48.5 Å². The van der Waals surface area contributed by atoms with Crippen molar-refractivity contribution in [2.75, 3.05) is 7.05 Å². The molecule has 0 spiro atoms. The van der Waals surface area contributed by atoms with E-state index in [4.69, 9.17) is 10.00 Å². The van der Waals surface area contributed by atoms with Gasteiger partial charge in [0.1, 0.15) is 18.2 Å². The van der Waals surface area contributed by atoms with Crippen molar-refractivity contribution in [1.29, 1.82) is 5.26 Å². The lowest BCUT2D eigenvalue weighted by Crippen LogP contribution is -2.34. The summed E-state index contributed by atoms with van der Waals surface area (Å²) in [6.45, 7) is 2.07. The summed E-state index contributed by atoms with van der Waals surface area (Å²) in [5.41, 5.74) is 1.34. The van der Waals surface area contributed by atoms with Crippen molar-refractivity contribution in [2.45, 2.75) is 26.0 Å². The van der Waals surface area contributed by atoms with Crippen molar-refractivity contribution in [3.05, 3.63) is 65.5 Å². The molecule has 124 valence electrons. The van der Waals surface area contributed by atoms with Crippen LogP contribution in [0.5, 0.6) is 5.75 Å². The molecule has 0 radical (unpaired) electrons. The van der Waals surface area contributed by atoms with Gasteiger partial charge in [-0.3, -0.25) is 4.79 Å². The van der Waals surface area contributed by atoms with Crippen molar-refractivity contribution < 1.29 is 13.9 Å². The summed E-state index contributed by atoms with van der Waals surface area (Å²) < 4.78 is 18.7. The second kappa shape index (κ2) is 8.11. The highest BCUT2D eigenvalue weighted by atomic mass is 19.1. The van der Waals surface area contributed by atoms with Gasteiger partial charge in [-0.15, -0.1) is 0 Å². The van der Waals surface area contributed by atoms with E-state index in [1.54, 1.807) is 42.3 Å². The number of benzene rings is 2. The number of nitriles is 1. The summed E-state index contributed by atoms with van der Waals surface area (Å²) in [5.74, 6) is -0.0682. The maximum Gasteiger partial charge on any atom is 0.253 e. The minimum Gasteiger partial charge on any atom is -0.489 e. The predicted octanol–water partition coefficient (Wildman–Crippen LogP) is 3.78. The first-order chi connectivity index (χ1) is 11.5. The maximum absolute atomic E-state index is 13.1. The van der Waals surface area contributed by atoms with E-state index in [9.17, 15) is 9.18 Å². The highest BCUT2D eigenvalue weighted by Crippen LogP contribution is 2.16. The number of carbonyl (C=O) groups excluding carboxylic acids is 1. The molecule has 0 aliphatic carbocycles. The number of hydrogen-bond donors (Lipinski definition) is 0. The lowest BCUT2D eigenvalue weighted by atomic mass is 10.1. The molecule has 0 saturated heterocycles. The molecule has 0 aromatic heterocycles. The van der Waals surface area contributed by atoms with Crippen LogP contribution >= 0.6 is 0 Å². The van der Waals surface area contributed by atoms with E-state index in [0.29, 0.717) is 11.3 Å². The van der Waals surface area contributed by atoms with E-state index < -0.39 is 0 Å². The molecule has 2 aromatic carbocycles. The molecule has 1 amide bonds. The highest BCUT2D eigenvalue weighted by molar-refractivity contribution is 5.94. The Balaban J connectivity index is 2.05. The molecule has 2 rings (SSSR count). The zero-order valence-electron chi connectivity index (χ0n) is 13.7. The summed E-state index contributed by atoms with van der Waals surface area (Å²) in [5, 5.41) is 8.75. The number of carbonyl (C=O) groups is 1. The molecule has 0 bridgehead atoms. The van der Waals surface area contributed by atoms with Crippen molar-refractivity contribution in [3.63, 3.8) is 0 Å². The molecule has 4 nitrogen and oxygen atoms in total. The Morgan fingerprint density at radius 3 is 2.75 bits per heavy atom. The van der Waals surface area contributed by atoms with Gasteiger partial charge in [0.05, 0.1) is 12.5 Å². The van der Waals surface area contributed by atoms with E-state index in [2.05, 4.69) is 6.07 Å². The summed E-state index contributed by atoms with van der Waals surface area (Å²) in [7, 11) is 1.68. The zero-order valence-corrected chi connectivity index (χ0v) is 13.7. The monoisotopic (exact) mass is 326 g/mol. The van der Waals surface area contributed by atoms with E-state index in [1.807, 2.05) is 13.0 Å². The molecule has 1 unspecified atom stereocenters. The molecular weight excluding hydrogens is 307 g/mol. The Kier molecular flexibility index (Phi) is 5.91. The quantitative estimate of drug-likeness (QED) is 0.812. The third-order valence-electron chi connectivity index (χ3n) is 3.74. The second-order valence-electron chi connectivity index (χ2n) is 5.57. The molecular formula is C19H19FN2O2. The Bertz CT molecular complexity index is 755.